The highest BCUT2D eigenvalue weighted by Gasteiger charge is 2.48. The summed E-state index contributed by atoms with van der Waals surface area (Å²) in [5, 5.41) is 0.668. The molecule has 1 saturated heterocycles. The van der Waals surface area contributed by atoms with Crippen molar-refractivity contribution in [3.05, 3.63) is 30.3 Å². The van der Waals surface area contributed by atoms with E-state index in [1.54, 1.807) is 6.07 Å². The van der Waals surface area contributed by atoms with Crippen LogP contribution in [0.1, 0.15) is 27.2 Å². The number of hydrogen-bond acceptors (Lipinski definition) is 5. The fourth-order valence-corrected chi connectivity index (χ4v) is 3.45. The highest BCUT2D eigenvalue weighted by Crippen LogP contribution is 2.41. The summed E-state index contributed by atoms with van der Waals surface area (Å²) in [7, 11) is 0. The van der Waals surface area contributed by atoms with Crippen molar-refractivity contribution in [3.63, 3.8) is 0 Å². The summed E-state index contributed by atoms with van der Waals surface area (Å²) in [6, 6.07) is 4.86. The summed E-state index contributed by atoms with van der Waals surface area (Å²) < 4.78 is 19.3. The number of para-hydroxylation sites is 1. The molecule has 0 aliphatic carbocycles. The van der Waals surface area contributed by atoms with E-state index in [2.05, 4.69) is 9.97 Å². The third kappa shape index (κ3) is 2.60. The maximum atomic E-state index is 14.0. The molecule has 5 nitrogen and oxygen atoms in total. The lowest BCUT2D eigenvalue weighted by Gasteiger charge is -2.31. The second kappa shape index (κ2) is 6.34. The molecule has 1 aromatic heterocycles. The zero-order valence-corrected chi connectivity index (χ0v) is 14.3. The molecule has 1 atom stereocenters. The second-order valence-electron chi connectivity index (χ2n) is 6.54. The van der Waals surface area contributed by atoms with Gasteiger partial charge in [0.25, 0.3) is 0 Å². The minimum absolute atomic E-state index is 0.145. The molecule has 2 heterocycles. The molecule has 2 aromatic rings. The largest absolute Gasteiger partial charge is 0.466 e. The van der Waals surface area contributed by atoms with E-state index in [1.165, 1.54) is 12.4 Å². The van der Waals surface area contributed by atoms with Crippen molar-refractivity contribution < 1.29 is 13.9 Å². The summed E-state index contributed by atoms with van der Waals surface area (Å²) >= 11 is 0. The lowest BCUT2D eigenvalue weighted by Crippen LogP contribution is -2.40. The predicted molar refractivity (Wildman–Crippen MR) is 90.2 cm³/mol. The summed E-state index contributed by atoms with van der Waals surface area (Å²) in [5.41, 5.74) is -0.249. The molecule has 1 fully saturated rings. The quantitative estimate of drug-likeness (QED) is 0.806. The standard InChI is InChI=1S/C18H22FN3O2/c1-4-24-17(23)18(12(2)3)8-9-22(10-18)16-13-6-5-7-14(19)15(13)20-11-21-16/h5-7,11-12H,4,8-10H2,1-3H3. The molecule has 0 radical (unpaired) electrons. The molecule has 0 saturated carbocycles. The Balaban J connectivity index is 1.98. The Morgan fingerprint density at radius 2 is 2.21 bits per heavy atom. The van der Waals surface area contributed by atoms with Crippen molar-refractivity contribution in [3.8, 4) is 0 Å². The minimum Gasteiger partial charge on any atom is -0.466 e. The van der Waals surface area contributed by atoms with Crippen LogP contribution in [0.2, 0.25) is 0 Å². The van der Waals surface area contributed by atoms with Crippen molar-refractivity contribution in [1.82, 2.24) is 9.97 Å². The van der Waals surface area contributed by atoms with E-state index < -0.39 is 5.41 Å². The molecule has 24 heavy (non-hydrogen) atoms. The van der Waals surface area contributed by atoms with Gasteiger partial charge in [0.05, 0.1) is 12.0 Å². The number of carbonyl (C=O) groups is 1. The van der Waals surface area contributed by atoms with Crippen LogP contribution in [-0.2, 0) is 9.53 Å². The number of esters is 1. The first kappa shape index (κ1) is 16.6. The van der Waals surface area contributed by atoms with Crippen LogP contribution < -0.4 is 4.90 Å². The van der Waals surface area contributed by atoms with Gasteiger partial charge in [-0.05, 0) is 31.4 Å². The van der Waals surface area contributed by atoms with Gasteiger partial charge in [0.15, 0.2) is 0 Å². The van der Waals surface area contributed by atoms with Crippen molar-refractivity contribution in [2.75, 3.05) is 24.6 Å². The van der Waals surface area contributed by atoms with Crippen LogP contribution in [0.25, 0.3) is 10.9 Å². The van der Waals surface area contributed by atoms with Crippen LogP contribution >= 0.6 is 0 Å². The Morgan fingerprint density at radius 3 is 2.92 bits per heavy atom. The number of fused-ring (bicyclic) bond motifs is 1. The molecule has 1 aromatic carbocycles. The minimum atomic E-state index is -0.555. The number of aromatic nitrogens is 2. The third-order valence-electron chi connectivity index (χ3n) is 4.98. The van der Waals surface area contributed by atoms with Crippen molar-refractivity contribution in [2.24, 2.45) is 11.3 Å². The molecule has 0 spiro atoms. The van der Waals surface area contributed by atoms with Gasteiger partial charge >= 0.3 is 5.97 Å². The summed E-state index contributed by atoms with van der Waals surface area (Å²) in [4.78, 5) is 23.0. The topological polar surface area (TPSA) is 55.3 Å². The Bertz CT molecular complexity index is 765. The average Bonchev–Trinajstić information content (AvgIpc) is 3.02. The molecule has 128 valence electrons. The number of ether oxygens (including phenoxy) is 1. The van der Waals surface area contributed by atoms with Gasteiger partial charge < -0.3 is 9.64 Å². The number of benzene rings is 1. The van der Waals surface area contributed by atoms with E-state index in [0.29, 0.717) is 42.8 Å². The second-order valence-corrected chi connectivity index (χ2v) is 6.54. The first-order valence-corrected chi connectivity index (χ1v) is 8.31. The van der Waals surface area contributed by atoms with E-state index >= 15 is 0 Å². The number of rotatable bonds is 4. The SMILES string of the molecule is CCOC(=O)C1(C(C)C)CCN(c2ncnc3c(F)cccc23)C1. The van der Waals surface area contributed by atoms with Crippen LogP contribution in [0.15, 0.2) is 24.5 Å². The number of halogens is 1. The van der Waals surface area contributed by atoms with Crippen LogP contribution in [0.4, 0.5) is 10.2 Å². The lowest BCUT2D eigenvalue weighted by molar-refractivity contribution is -0.156. The molecular formula is C18H22FN3O2. The highest BCUT2D eigenvalue weighted by atomic mass is 19.1. The van der Waals surface area contributed by atoms with Crippen LogP contribution in [0.3, 0.4) is 0 Å². The zero-order chi connectivity index (χ0) is 17.3. The van der Waals surface area contributed by atoms with Crippen molar-refractivity contribution in [2.45, 2.75) is 27.2 Å². The zero-order valence-electron chi connectivity index (χ0n) is 14.3. The molecule has 1 unspecified atom stereocenters. The van der Waals surface area contributed by atoms with Gasteiger partial charge in [-0.25, -0.2) is 14.4 Å². The Labute approximate surface area is 140 Å². The Morgan fingerprint density at radius 1 is 1.42 bits per heavy atom. The maximum absolute atomic E-state index is 14.0. The summed E-state index contributed by atoms with van der Waals surface area (Å²) in [6.07, 6.45) is 2.07. The molecule has 0 bridgehead atoms. The van der Waals surface area contributed by atoms with Crippen LogP contribution in [0.5, 0.6) is 0 Å². The van der Waals surface area contributed by atoms with Crippen LogP contribution in [-0.4, -0.2) is 35.6 Å². The van der Waals surface area contributed by atoms with Gasteiger partial charge in [-0.15, -0.1) is 0 Å². The van der Waals surface area contributed by atoms with Gasteiger partial charge in [0, 0.05) is 18.5 Å². The fraction of sp³-hybridized carbons (Fsp3) is 0.500. The average molecular weight is 331 g/mol. The monoisotopic (exact) mass is 331 g/mol. The fourth-order valence-electron chi connectivity index (χ4n) is 3.45. The van der Waals surface area contributed by atoms with Crippen LogP contribution in [0, 0.1) is 17.2 Å². The van der Waals surface area contributed by atoms with Gasteiger partial charge in [0.2, 0.25) is 0 Å². The number of nitrogens with zero attached hydrogens (tertiary/aromatic N) is 3. The maximum Gasteiger partial charge on any atom is 0.314 e. The highest BCUT2D eigenvalue weighted by molar-refractivity contribution is 5.90. The van der Waals surface area contributed by atoms with Gasteiger partial charge in [0.1, 0.15) is 23.5 Å². The first-order valence-electron chi connectivity index (χ1n) is 8.31. The molecule has 0 N–H and O–H groups in total. The van der Waals surface area contributed by atoms with E-state index in [0.717, 1.165) is 0 Å². The molecule has 1 aliphatic rings. The number of carbonyl (C=O) groups excluding carboxylic acids is 1. The lowest BCUT2D eigenvalue weighted by atomic mass is 9.76. The summed E-state index contributed by atoms with van der Waals surface area (Å²) in [6.45, 7) is 7.47. The number of anilines is 1. The van der Waals surface area contributed by atoms with E-state index in [1.807, 2.05) is 31.7 Å². The van der Waals surface area contributed by atoms with E-state index in [4.69, 9.17) is 4.74 Å². The van der Waals surface area contributed by atoms with Gasteiger partial charge in [-0.1, -0.05) is 19.9 Å². The van der Waals surface area contributed by atoms with Crippen molar-refractivity contribution >= 4 is 22.7 Å². The Kier molecular flexibility index (Phi) is 4.39. The van der Waals surface area contributed by atoms with Gasteiger partial charge in [-0.3, -0.25) is 4.79 Å². The normalized spacial score (nSPS) is 20.8. The first-order chi connectivity index (χ1) is 11.5. The molecule has 6 heteroatoms. The van der Waals surface area contributed by atoms with Gasteiger partial charge in [-0.2, -0.15) is 0 Å². The van der Waals surface area contributed by atoms with E-state index in [-0.39, 0.29) is 17.7 Å². The molecule has 0 amide bonds. The summed E-state index contributed by atoms with van der Waals surface area (Å²) in [5.74, 6) is 0.292. The molecule has 1 aliphatic heterocycles. The third-order valence-corrected chi connectivity index (χ3v) is 4.98. The number of hydrogen-bond donors (Lipinski definition) is 0. The van der Waals surface area contributed by atoms with E-state index in [9.17, 15) is 9.18 Å². The predicted octanol–water partition coefficient (Wildman–Crippen LogP) is 3.18. The molecule has 3 rings (SSSR count). The Hall–Kier alpha value is -2.24. The molecular weight excluding hydrogens is 309 g/mol. The smallest absolute Gasteiger partial charge is 0.314 e. The van der Waals surface area contributed by atoms with Crippen molar-refractivity contribution in [1.29, 1.82) is 0 Å².